The molecule has 0 fully saturated rings. The van der Waals surface area contributed by atoms with Crippen molar-refractivity contribution in [2.45, 2.75) is 33.2 Å². The SMILES string of the molecule is CC(C)(C)C[C@H](NC(=O)NNC(=O)c1ccccc1O)c1ccccc1. The summed E-state index contributed by atoms with van der Waals surface area (Å²) in [4.78, 5) is 24.3. The van der Waals surface area contributed by atoms with Gasteiger partial charge in [0.15, 0.2) is 0 Å². The molecule has 1 atom stereocenters. The van der Waals surface area contributed by atoms with E-state index in [9.17, 15) is 14.7 Å². The highest BCUT2D eigenvalue weighted by atomic mass is 16.3. The standard InChI is InChI=1S/C20H25N3O3/c1-20(2,3)13-16(14-9-5-4-6-10-14)21-19(26)23-22-18(25)15-11-7-8-12-17(15)24/h4-12,16,24H,13H2,1-3H3,(H,22,25)(H2,21,23,26)/t16-/m0/s1. The molecule has 0 unspecified atom stereocenters. The smallest absolute Gasteiger partial charge is 0.333 e. The Kier molecular flexibility index (Phi) is 6.22. The Balaban J connectivity index is 1.99. The van der Waals surface area contributed by atoms with Crippen LogP contribution in [0.1, 0.15) is 49.2 Å². The minimum absolute atomic E-state index is 0.00681. The van der Waals surface area contributed by atoms with Crippen LogP contribution in [0.3, 0.4) is 0 Å². The van der Waals surface area contributed by atoms with Crippen LogP contribution in [0.25, 0.3) is 0 Å². The Morgan fingerprint density at radius 3 is 2.19 bits per heavy atom. The first-order chi connectivity index (χ1) is 12.3. The maximum atomic E-state index is 12.2. The summed E-state index contributed by atoms with van der Waals surface area (Å²) in [7, 11) is 0. The quantitative estimate of drug-likeness (QED) is 0.633. The normalized spacial score (nSPS) is 12.1. The molecule has 0 aromatic heterocycles. The van der Waals surface area contributed by atoms with Crippen molar-refractivity contribution in [3.05, 3.63) is 65.7 Å². The van der Waals surface area contributed by atoms with Gasteiger partial charge in [0.2, 0.25) is 0 Å². The molecule has 0 heterocycles. The minimum Gasteiger partial charge on any atom is -0.507 e. The van der Waals surface area contributed by atoms with E-state index in [2.05, 4.69) is 36.9 Å². The zero-order valence-electron chi connectivity index (χ0n) is 15.2. The Morgan fingerprint density at radius 2 is 1.58 bits per heavy atom. The lowest BCUT2D eigenvalue weighted by atomic mass is 9.85. The van der Waals surface area contributed by atoms with Crippen molar-refractivity contribution in [1.29, 1.82) is 0 Å². The summed E-state index contributed by atoms with van der Waals surface area (Å²) >= 11 is 0. The minimum atomic E-state index is -0.592. The first-order valence-electron chi connectivity index (χ1n) is 8.46. The largest absolute Gasteiger partial charge is 0.507 e. The fourth-order valence-electron chi connectivity index (χ4n) is 2.59. The average Bonchev–Trinajstić information content (AvgIpc) is 2.59. The number of rotatable bonds is 4. The Hall–Kier alpha value is -3.02. The maximum Gasteiger partial charge on any atom is 0.333 e. The van der Waals surface area contributed by atoms with Crippen molar-refractivity contribution in [3.63, 3.8) is 0 Å². The summed E-state index contributed by atoms with van der Waals surface area (Å²) in [6, 6.07) is 15.1. The van der Waals surface area contributed by atoms with Gasteiger partial charge in [0.05, 0.1) is 11.6 Å². The molecule has 2 aromatic carbocycles. The van der Waals surface area contributed by atoms with Crippen molar-refractivity contribution >= 4 is 11.9 Å². The number of hydrogen-bond donors (Lipinski definition) is 4. The van der Waals surface area contributed by atoms with E-state index in [1.807, 2.05) is 30.3 Å². The third-order valence-electron chi connectivity index (χ3n) is 3.76. The second-order valence-electron chi connectivity index (χ2n) is 7.30. The number of urea groups is 1. The highest BCUT2D eigenvalue weighted by Crippen LogP contribution is 2.29. The van der Waals surface area contributed by atoms with Gasteiger partial charge in [-0.25, -0.2) is 10.2 Å². The summed E-state index contributed by atoms with van der Waals surface area (Å²) in [5, 5.41) is 12.6. The van der Waals surface area contributed by atoms with Gasteiger partial charge in [-0.2, -0.15) is 0 Å². The number of aromatic hydroxyl groups is 1. The van der Waals surface area contributed by atoms with E-state index in [1.165, 1.54) is 12.1 Å². The Labute approximate surface area is 153 Å². The van der Waals surface area contributed by atoms with Gasteiger partial charge in [0.25, 0.3) is 5.91 Å². The van der Waals surface area contributed by atoms with Crippen LogP contribution in [-0.2, 0) is 0 Å². The third-order valence-corrected chi connectivity index (χ3v) is 3.76. The number of hydrogen-bond acceptors (Lipinski definition) is 3. The predicted octanol–water partition coefficient (Wildman–Crippen LogP) is 3.51. The van der Waals surface area contributed by atoms with Gasteiger partial charge >= 0.3 is 6.03 Å². The number of para-hydroxylation sites is 1. The lowest BCUT2D eigenvalue weighted by Gasteiger charge is -2.27. The first kappa shape index (κ1) is 19.3. The van der Waals surface area contributed by atoms with Crippen LogP contribution in [0.15, 0.2) is 54.6 Å². The number of phenols is 1. The average molecular weight is 355 g/mol. The number of hydrazine groups is 1. The van der Waals surface area contributed by atoms with Crippen molar-refractivity contribution in [2.75, 3.05) is 0 Å². The molecule has 0 aliphatic rings. The van der Waals surface area contributed by atoms with Crippen molar-refractivity contribution in [1.82, 2.24) is 16.2 Å². The molecule has 3 amide bonds. The van der Waals surface area contributed by atoms with E-state index >= 15 is 0 Å². The van der Waals surface area contributed by atoms with Gasteiger partial charge in [-0.3, -0.25) is 10.2 Å². The molecule has 0 spiro atoms. The number of nitrogens with one attached hydrogen (secondary N) is 3. The summed E-state index contributed by atoms with van der Waals surface area (Å²) < 4.78 is 0. The fourth-order valence-corrected chi connectivity index (χ4v) is 2.59. The molecule has 4 N–H and O–H groups in total. The Morgan fingerprint density at radius 1 is 0.962 bits per heavy atom. The second-order valence-corrected chi connectivity index (χ2v) is 7.30. The summed E-state index contributed by atoms with van der Waals surface area (Å²) in [6.07, 6.45) is 0.734. The molecule has 0 bridgehead atoms. The Bertz CT molecular complexity index is 754. The lowest BCUT2D eigenvalue weighted by Crippen LogP contribution is -2.48. The van der Waals surface area contributed by atoms with Crippen LogP contribution in [0.2, 0.25) is 0 Å². The number of carbonyl (C=O) groups excluding carboxylic acids is 2. The van der Waals surface area contributed by atoms with Gasteiger partial charge in [-0.15, -0.1) is 0 Å². The number of benzene rings is 2. The summed E-state index contributed by atoms with van der Waals surface area (Å²) in [6.45, 7) is 6.30. The van der Waals surface area contributed by atoms with E-state index in [1.54, 1.807) is 12.1 Å². The van der Waals surface area contributed by atoms with E-state index in [-0.39, 0.29) is 22.8 Å². The lowest BCUT2D eigenvalue weighted by molar-refractivity contribution is 0.0932. The van der Waals surface area contributed by atoms with Crippen LogP contribution in [-0.4, -0.2) is 17.0 Å². The second kappa shape index (κ2) is 8.38. The van der Waals surface area contributed by atoms with Crippen molar-refractivity contribution in [2.24, 2.45) is 5.41 Å². The van der Waals surface area contributed by atoms with E-state index in [4.69, 9.17) is 0 Å². The molecule has 0 radical (unpaired) electrons. The summed E-state index contributed by atoms with van der Waals surface area (Å²) in [5.74, 6) is -0.743. The molecule has 138 valence electrons. The molecule has 2 rings (SSSR count). The van der Waals surface area contributed by atoms with E-state index in [0.29, 0.717) is 0 Å². The van der Waals surface area contributed by atoms with Gasteiger partial charge in [0, 0.05) is 0 Å². The van der Waals surface area contributed by atoms with Crippen LogP contribution >= 0.6 is 0 Å². The monoisotopic (exact) mass is 355 g/mol. The molecule has 6 nitrogen and oxygen atoms in total. The zero-order valence-corrected chi connectivity index (χ0v) is 15.2. The third kappa shape index (κ3) is 5.81. The van der Waals surface area contributed by atoms with Gasteiger partial charge < -0.3 is 10.4 Å². The van der Waals surface area contributed by atoms with Gasteiger partial charge in [-0.1, -0.05) is 63.2 Å². The van der Waals surface area contributed by atoms with Gasteiger partial charge in [-0.05, 0) is 29.5 Å². The van der Waals surface area contributed by atoms with Crippen molar-refractivity contribution < 1.29 is 14.7 Å². The summed E-state index contributed by atoms with van der Waals surface area (Å²) in [5.41, 5.74) is 5.71. The van der Waals surface area contributed by atoms with E-state index in [0.717, 1.165) is 12.0 Å². The van der Waals surface area contributed by atoms with Gasteiger partial charge in [0.1, 0.15) is 5.75 Å². The predicted molar refractivity (Wildman–Crippen MR) is 100 cm³/mol. The van der Waals surface area contributed by atoms with Crippen LogP contribution in [0.4, 0.5) is 4.79 Å². The molecular weight excluding hydrogens is 330 g/mol. The highest BCUT2D eigenvalue weighted by Gasteiger charge is 2.22. The molecule has 2 aromatic rings. The fraction of sp³-hybridized carbons (Fsp3) is 0.300. The number of amides is 3. The topological polar surface area (TPSA) is 90.5 Å². The zero-order chi connectivity index (χ0) is 19.2. The molecule has 6 heteroatoms. The molecule has 0 aliphatic heterocycles. The van der Waals surface area contributed by atoms with Crippen LogP contribution in [0, 0.1) is 5.41 Å². The highest BCUT2D eigenvalue weighted by molar-refractivity contribution is 5.97. The maximum absolute atomic E-state index is 12.2. The number of carbonyl (C=O) groups is 2. The number of phenolic OH excluding ortho intramolecular Hbond substituents is 1. The first-order valence-corrected chi connectivity index (χ1v) is 8.46. The van der Waals surface area contributed by atoms with Crippen LogP contribution < -0.4 is 16.2 Å². The molecule has 0 saturated heterocycles. The molecule has 26 heavy (non-hydrogen) atoms. The molecule has 0 saturated carbocycles. The van der Waals surface area contributed by atoms with E-state index < -0.39 is 11.9 Å². The van der Waals surface area contributed by atoms with Crippen LogP contribution in [0.5, 0.6) is 5.75 Å². The van der Waals surface area contributed by atoms with Crippen molar-refractivity contribution in [3.8, 4) is 5.75 Å². The molecular formula is C20H25N3O3. The molecule has 0 aliphatic carbocycles.